The van der Waals surface area contributed by atoms with Crippen molar-refractivity contribution < 1.29 is 9.53 Å². The highest BCUT2D eigenvalue weighted by Crippen LogP contribution is 2.02. The lowest BCUT2D eigenvalue weighted by Gasteiger charge is -1.98. The fourth-order valence-corrected chi connectivity index (χ4v) is 1.34. The molecule has 0 aromatic carbocycles. The summed E-state index contributed by atoms with van der Waals surface area (Å²) in [6, 6.07) is 0. The van der Waals surface area contributed by atoms with E-state index in [1.54, 1.807) is 0 Å². The second-order valence-electron chi connectivity index (χ2n) is 3.81. The highest BCUT2D eigenvalue weighted by Gasteiger charge is 1.90. The molecule has 0 bridgehead atoms. The van der Waals surface area contributed by atoms with Crippen LogP contribution in [0.1, 0.15) is 52.4 Å². The average Bonchev–Trinajstić information content (AvgIpc) is 2.25. The molecule has 0 radical (unpaired) electrons. The fraction of sp³-hybridized carbons (Fsp3) is 0.643. The number of ether oxygens (including phenoxy) is 1. The van der Waals surface area contributed by atoms with Gasteiger partial charge < -0.3 is 4.74 Å². The predicted octanol–water partition coefficient (Wildman–Crippen LogP) is 4.02. The Morgan fingerprint density at radius 3 is 2.12 bits per heavy atom. The lowest BCUT2D eigenvalue weighted by Crippen LogP contribution is -1.99. The van der Waals surface area contributed by atoms with Gasteiger partial charge in [0.2, 0.25) is 0 Å². The molecule has 0 saturated carbocycles. The number of hydrogen-bond donors (Lipinski definition) is 0. The van der Waals surface area contributed by atoms with Crippen LogP contribution in [0.4, 0.5) is 0 Å². The molecule has 0 rings (SSSR count). The number of carbonyl (C=O) groups is 1. The smallest absolute Gasteiger partial charge is 0.302 e. The quantitative estimate of drug-likeness (QED) is 0.336. The van der Waals surface area contributed by atoms with Gasteiger partial charge in [-0.1, -0.05) is 24.3 Å². The molecule has 0 aromatic rings. The lowest BCUT2D eigenvalue weighted by molar-refractivity contribution is -0.141. The van der Waals surface area contributed by atoms with E-state index < -0.39 is 0 Å². The van der Waals surface area contributed by atoms with E-state index in [0.29, 0.717) is 6.61 Å². The summed E-state index contributed by atoms with van der Waals surface area (Å²) in [6.45, 7) is 4.05. The van der Waals surface area contributed by atoms with Gasteiger partial charge in [0.1, 0.15) is 0 Å². The van der Waals surface area contributed by atoms with Crippen LogP contribution in [0, 0.1) is 0 Å². The molecule has 92 valence electrons. The molecule has 16 heavy (non-hydrogen) atoms. The molecule has 0 unspecified atom stereocenters. The van der Waals surface area contributed by atoms with E-state index in [0.717, 1.165) is 19.3 Å². The van der Waals surface area contributed by atoms with Crippen LogP contribution in [0.2, 0.25) is 0 Å². The number of unbranched alkanes of at least 4 members (excludes halogenated alkanes) is 4. The van der Waals surface area contributed by atoms with Crippen LogP contribution < -0.4 is 0 Å². The van der Waals surface area contributed by atoms with Gasteiger partial charge in [0.05, 0.1) is 6.61 Å². The first-order valence-electron chi connectivity index (χ1n) is 6.17. The minimum absolute atomic E-state index is 0.187. The Balaban J connectivity index is 3.13. The van der Waals surface area contributed by atoms with Crippen molar-refractivity contribution in [3.05, 3.63) is 24.3 Å². The summed E-state index contributed by atoms with van der Waals surface area (Å²) in [5, 5.41) is 0. The monoisotopic (exact) mass is 224 g/mol. The molecule has 0 spiro atoms. The number of allylic oxidation sites excluding steroid dienone is 4. The Hall–Kier alpha value is -1.05. The van der Waals surface area contributed by atoms with E-state index in [4.69, 9.17) is 4.74 Å². The Labute approximate surface area is 99.4 Å². The maximum absolute atomic E-state index is 10.5. The summed E-state index contributed by atoms with van der Waals surface area (Å²) in [5.74, 6) is -0.187. The lowest BCUT2D eigenvalue weighted by atomic mass is 10.1. The number of carbonyl (C=O) groups excluding carboxylic acids is 1. The van der Waals surface area contributed by atoms with E-state index in [1.165, 1.54) is 26.2 Å². The minimum Gasteiger partial charge on any atom is -0.466 e. The minimum atomic E-state index is -0.187. The molecule has 0 fully saturated rings. The fourth-order valence-electron chi connectivity index (χ4n) is 1.34. The van der Waals surface area contributed by atoms with Crippen LogP contribution in [-0.2, 0) is 9.53 Å². The molecule has 0 N–H and O–H groups in total. The zero-order valence-corrected chi connectivity index (χ0v) is 10.6. The largest absolute Gasteiger partial charge is 0.466 e. The van der Waals surface area contributed by atoms with Gasteiger partial charge in [0.15, 0.2) is 0 Å². The van der Waals surface area contributed by atoms with Gasteiger partial charge in [0, 0.05) is 6.92 Å². The Kier molecular flexibility index (Phi) is 11.2. The molecular weight excluding hydrogens is 200 g/mol. The van der Waals surface area contributed by atoms with Gasteiger partial charge in [-0.3, -0.25) is 4.79 Å². The number of hydrogen-bond acceptors (Lipinski definition) is 2. The van der Waals surface area contributed by atoms with Crippen molar-refractivity contribution in [2.45, 2.75) is 52.4 Å². The van der Waals surface area contributed by atoms with Crippen molar-refractivity contribution in [2.75, 3.05) is 6.61 Å². The van der Waals surface area contributed by atoms with Crippen molar-refractivity contribution in [3.8, 4) is 0 Å². The molecule has 0 aromatic heterocycles. The zero-order valence-electron chi connectivity index (χ0n) is 10.6. The molecule has 0 saturated heterocycles. The van der Waals surface area contributed by atoms with E-state index in [9.17, 15) is 4.79 Å². The van der Waals surface area contributed by atoms with Crippen LogP contribution in [0.25, 0.3) is 0 Å². The van der Waals surface area contributed by atoms with Crippen molar-refractivity contribution in [1.82, 2.24) is 0 Å². The molecular formula is C14H24O2. The first kappa shape index (κ1) is 14.9. The Morgan fingerprint density at radius 1 is 1.00 bits per heavy atom. The van der Waals surface area contributed by atoms with Gasteiger partial charge in [-0.05, 0) is 45.4 Å². The molecule has 0 aliphatic heterocycles. The normalized spacial score (nSPS) is 11.4. The van der Waals surface area contributed by atoms with Gasteiger partial charge in [0.25, 0.3) is 0 Å². The summed E-state index contributed by atoms with van der Waals surface area (Å²) in [5.41, 5.74) is 0. The van der Waals surface area contributed by atoms with E-state index in [2.05, 4.69) is 31.2 Å². The van der Waals surface area contributed by atoms with Crippen molar-refractivity contribution in [1.29, 1.82) is 0 Å². The third-order valence-corrected chi connectivity index (χ3v) is 2.21. The zero-order chi connectivity index (χ0) is 12.1. The maximum atomic E-state index is 10.5. The Bertz CT molecular complexity index is 217. The molecule has 2 heteroatoms. The van der Waals surface area contributed by atoms with E-state index >= 15 is 0 Å². The standard InChI is InChI=1S/C14H24O2/c1-3-4-5-6-7-8-9-10-11-12-13-16-14(2)15/h3-4,9-10H,5-8,11-13H2,1-2H3/b4-3-,10-9-. The summed E-state index contributed by atoms with van der Waals surface area (Å²) in [6.07, 6.45) is 15.5. The van der Waals surface area contributed by atoms with Crippen molar-refractivity contribution in [2.24, 2.45) is 0 Å². The van der Waals surface area contributed by atoms with Crippen LogP contribution in [0.5, 0.6) is 0 Å². The molecule has 0 amide bonds. The highest BCUT2D eigenvalue weighted by atomic mass is 16.5. The first-order valence-corrected chi connectivity index (χ1v) is 6.17. The van der Waals surface area contributed by atoms with Crippen LogP contribution in [-0.4, -0.2) is 12.6 Å². The molecule has 0 heterocycles. The van der Waals surface area contributed by atoms with Crippen molar-refractivity contribution in [3.63, 3.8) is 0 Å². The van der Waals surface area contributed by atoms with E-state index in [-0.39, 0.29) is 5.97 Å². The third-order valence-electron chi connectivity index (χ3n) is 2.21. The summed E-state index contributed by atoms with van der Waals surface area (Å²) in [4.78, 5) is 10.5. The van der Waals surface area contributed by atoms with Crippen LogP contribution in [0.15, 0.2) is 24.3 Å². The second-order valence-corrected chi connectivity index (χ2v) is 3.81. The van der Waals surface area contributed by atoms with E-state index in [1.807, 2.05) is 0 Å². The van der Waals surface area contributed by atoms with Gasteiger partial charge in [-0.25, -0.2) is 0 Å². The Morgan fingerprint density at radius 2 is 1.56 bits per heavy atom. The molecule has 2 nitrogen and oxygen atoms in total. The topological polar surface area (TPSA) is 26.3 Å². The van der Waals surface area contributed by atoms with Crippen LogP contribution >= 0.6 is 0 Å². The SMILES string of the molecule is C/C=C\CCCC/C=C\CCCOC(C)=O. The maximum Gasteiger partial charge on any atom is 0.302 e. The first-order chi connectivity index (χ1) is 7.77. The second kappa shape index (κ2) is 12.0. The predicted molar refractivity (Wildman–Crippen MR) is 68.3 cm³/mol. The highest BCUT2D eigenvalue weighted by molar-refractivity contribution is 5.65. The van der Waals surface area contributed by atoms with Gasteiger partial charge in [-0.2, -0.15) is 0 Å². The third kappa shape index (κ3) is 12.9. The van der Waals surface area contributed by atoms with Crippen LogP contribution in [0.3, 0.4) is 0 Å². The number of esters is 1. The van der Waals surface area contributed by atoms with Crippen molar-refractivity contribution >= 4 is 5.97 Å². The summed E-state index contributed by atoms with van der Waals surface area (Å²) >= 11 is 0. The molecule has 0 aliphatic rings. The average molecular weight is 224 g/mol. The number of rotatable bonds is 9. The molecule has 0 aliphatic carbocycles. The van der Waals surface area contributed by atoms with Gasteiger partial charge in [-0.15, -0.1) is 0 Å². The van der Waals surface area contributed by atoms with Gasteiger partial charge >= 0.3 is 5.97 Å². The summed E-state index contributed by atoms with van der Waals surface area (Å²) in [7, 11) is 0. The molecule has 0 atom stereocenters. The summed E-state index contributed by atoms with van der Waals surface area (Å²) < 4.78 is 4.83.